The molecule has 0 aromatic carbocycles. The summed E-state index contributed by atoms with van der Waals surface area (Å²) in [7, 11) is -1.86. The van der Waals surface area contributed by atoms with E-state index in [9.17, 15) is 13.2 Å². The second kappa shape index (κ2) is 8.67. The van der Waals surface area contributed by atoms with Crippen molar-refractivity contribution in [1.29, 1.82) is 0 Å². The highest BCUT2D eigenvalue weighted by atomic mass is 32.2. The zero-order chi connectivity index (χ0) is 15.9. The molecule has 1 aliphatic heterocycles. The summed E-state index contributed by atoms with van der Waals surface area (Å²) in [5.41, 5.74) is 5.36. The number of nitrogens with zero attached hydrogens (tertiary/aromatic N) is 2. The Kier molecular flexibility index (Phi) is 7.58. The lowest BCUT2D eigenvalue weighted by atomic mass is 9.99. The lowest BCUT2D eigenvalue weighted by Crippen LogP contribution is -2.50. The monoisotopic (exact) mass is 320 g/mol. The first-order valence-corrected chi connectivity index (χ1v) is 9.02. The van der Waals surface area contributed by atoms with Crippen molar-refractivity contribution in [3.63, 3.8) is 0 Å². The highest BCUT2D eigenvalue weighted by molar-refractivity contribution is 7.86. The second-order valence-electron chi connectivity index (χ2n) is 5.46. The number of piperidine rings is 1. The lowest BCUT2D eigenvalue weighted by Gasteiger charge is -2.33. The van der Waals surface area contributed by atoms with Crippen LogP contribution in [0, 0.1) is 5.92 Å². The number of nitrogens with one attached hydrogen (secondary N) is 1. The zero-order valence-electron chi connectivity index (χ0n) is 13.0. The van der Waals surface area contributed by atoms with Gasteiger partial charge in [-0.15, -0.1) is 0 Å². The summed E-state index contributed by atoms with van der Waals surface area (Å²) < 4.78 is 27.8. The van der Waals surface area contributed by atoms with E-state index in [1.807, 2.05) is 6.92 Å². The van der Waals surface area contributed by atoms with Gasteiger partial charge in [0, 0.05) is 39.8 Å². The minimum atomic E-state index is -3.46. The SMILES string of the molecule is CCCCN(C)S(=O)(=O)N1CCCC(C(=O)NCCN)C1. The summed E-state index contributed by atoms with van der Waals surface area (Å²) in [5, 5.41) is 2.74. The quantitative estimate of drug-likeness (QED) is 0.644. The molecule has 0 aromatic rings. The first kappa shape index (κ1) is 18.3. The minimum Gasteiger partial charge on any atom is -0.355 e. The predicted molar refractivity (Wildman–Crippen MR) is 82.8 cm³/mol. The van der Waals surface area contributed by atoms with Gasteiger partial charge in [-0.3, -0.25) is 4.79 Å². The van der Waals surface area contributed by atoms with Crippen LogP contribution in [0.25, 0.3) is 0 Å². The number of carbonyl (C=O) groups is 1. The molecule has 3 N–H and O–H groups in total. The number of hydrogen-bond acceptors (Lipinski definition) is 4. The maximum Gasteiger partial charge on any atom is 0.281 e. The molecular formula is C13H28N4O3S. The van der Waals surface area contributed by atoms with Crippen molar-refractivity contribution < 1.29 is 13.2 Å². The normalized spacial score (nSPS) is 20.7. The Morgan fingerprint density at radius 2 is 2.19 bits per heavy atom. The molecule has 1 fully saturated rings. The predicted octanol–water partition coefficient (Wildman–Crippen LogP) is -0.250. The number of carbonyl (C=O) groups excluding carboxylic acids is 1. The number of rotatable bonds is 8. The maximum absolute atomic E-state index is 12.5. The summed E-state index contributed by atoms with van der Waals surface area (Å²) in [6, 6.07) is 0. The largest absolute Gasteiger partial charge is 0.355 e. The summed E-state index contributed by atoms with van der Waals surface area (Å²) in [6.45, 7) is 4.10. The van der Waals surface area contributed by atoms with Gasteiger partial charge in [0.2, 0.25) is 5.91 Å². The summed E-state index contributed by atoms with van der Waals surface area (Å²) in [6.07, 6.45) is 3.22. The van der Waals surface area contributed by atoms with E-state index in [1.165, 1.54) is 8.61 Å². The Hall–Kier alpha value is -0.700. The van der Waals surface area contributed by atoms with Crippen LogP contribution in [0.4, 0.5) is 0 Å². The van der Waals surface area contributed by atoms with Gasteiger partial charge in [-0.25, -0.2) is 0 Å². The Balaban J connectivity index is 2.64. The fourth-order valence-corrected chi connectivity index (χ4v) is 3.88. The van der Waals surface area contributed by atoms with Gasteiger partial charge >= 0.3 is 0 Å². The molecule has 1 saturated heterocycles. The molecule has 1 rings (SSSR count). The van der Waals surface area contributed by atoms with E-state index in [0.29, 0.717) is 32.6 Å². The van der Waals surface area contributed by atoms with Crippen molar-refractivity contribution in [2.75, 3.05) is 39.8 Å². The van der Waals surface area contributed by atoms with Crippen molar-refractivity contribution in [2.45, 2.75) is 32.6 Å². The summed E-state index contributed by atoms with van der Waals surface area (Å²) >= 11 is 0. The van der Waals surface area contributed by atoms with Crippen LogP contribution in [0.5, 0.6) is 0 Å². The van der Waals surface area contributed by atoms with Gasteiger partial charge in [0.05, 0.1) is 5.92 Å². The Bertz CT molecular complexity index is 427. The molecule has 1 atom stereocenters. The van der Waals surface area contributed by atoms with E-state index in [0.717, 1.165) is 19.3 Å². The van der Waals surface area contributed by atoms with Gasteiger partial charge in [0.25, 0.3) is 10.2 Å². The van der Waals surface area contributed by atoms with Crippen LogP contribution in [0.3, 0.4) is 0 Å². The number of unbranched alkanes of at least 4 members (excludes halogenated alkanes) is 1. The first-order valence-electron chi connectivity index (χ1n) is 7.62. The average molecular weight is 320 g/mol. The molecule has 0 spiro atoms. The topological polar surface area (TPSA) is 95.7 Å². The number of amides is 1. The molecule has 0 saturated carbocycles. The van der Waals surface area contributed by atoms with E-state index in [4.69, 9.17) is 5.73 Å². The van der Waals surface area contributed by atoms with Crippen LogP contribution >= 0.6 is 0 Å². The van der Waals surface area contributed by atoms with Crippen molar-refractivity contribution in [1.82, 2.24) is 13.9 Å². The fraction of sp³-hybridized carbons (Fsp3) is 0.923. The average Bonchev–Trinajstić information content (AvgIpc) is 2.50. The van der Waals surface area contributed by atoms with Gasteiger partial charge in [0.1, 0.15) is 0 Å². The molecule has 0 radical (unpaired) electrons. The molecule has 0 bridgehead atoms. The molecule has 21 heavy (non-hydrogen) atoms. The zero-order valence-corrected chi connectivity index (χ0v) is 13.9. The van der Waals surface area contributed by atoms with Crippen molar-refractivity contribution in [3.8, 4) is 0 Å². The third-order valence-electron chi connectivity index (χ3n) is 3.75. The summed E-state index contributed by atoms with van der Waals surface area (Å²) in [4.78, 5) is 12.0. The molecule has 1 aliphatic rings. The Morgan fingerprint density at radius 1 is 1.48 bits per heavy atom. The van der Waals surface area contributed by atoms with Crippen molar-refractivity contribution >= 4 is 16.1 Å². The smallest absolute Gasteiger partial charge is 0.281 e. The molecule has 7 nitrogen and oxygen atoms in total. The molecule has 1 amide bonds. The minimum absolute atomic E-state index is 0.100. The van der Waals surface area contributed by atoms with E-state index >= 15 is 0 Å². The summed E-state index contributed by atoms with van der Waals surface area (Å²) in [5.74, 6) is -0.379. The molecule has 1 unspecified atom stereocenters. The van der Waals surface area contributed by atoms with Crippen LogP contribution in [-0.4, -0.2) is 62.7 Å². The third-order valence-corrected chi connectivity index (χ3v) is 5.70. The van der Waals surface area contributed by atoms with E-state index < -0.39 is 10.2 Å². The van der Waals surface area contributed by atoms with Crippen LogP contribution < -0.4 is 11.1 Å². The van der Waals surface area contributed by atoms with Gasteiger partial charge < -0.3 is 11.1 Å². The van der Waals surface area contributed by atoms with Crippen LogP contribution in [0.2, 0.25) is 0 Å². The van der Waals surface area contributed by atoms with Crippen molar-refractivity contribution in [2.24, 2.45) is 11.7 Å². The van der Waals surface area contributed by atoms with Gasteiger partial charge in [0.15, 0.2) is 0 Å². The maximum atomic E-state index is 12.5. The van der Waals surface area contributed by atoms with Crippen LogP contribution in [0.1, 0.15) is 32.6 Å². The highest BCUT2D eigenvalue weighted by Gasteiger charge is 2.34. The molecule has 1 heterocycles. The van der Waals surface area contributed by atoms with E-state index in [2.05, 4.69) is 5.32 Å². The van der Waals surface area contributed by atoms with Gasteiger partial charge in [-0.2, -0.15) is 17.0 Å². The van der Waals surface area contributed by atoms with Crippen LogP contribution in [-0.2, 0) is 15.0 Å². The van der Waals surface area contributed by atoms with Gasteiger partial charge in [-0.05, 0) is 19.3 Å². The molecule has 0 aliphatic carbocycles. The molecular weight excluding hydrogens is 292 g/mol. The molecule has 0 aromatic heterocycles. The van der Waals surface area contributed by atoms with E-state index in [1.54, 1.807) is 7.05 Å². The Morgan fingerprint density at radius 3 is 2.81 bits per heavy atom. The first-order chi connectivity index (χ1) is 9.93. The van der Waals surface area contributed by atoms with Crippen molar-refractivity contribution in [3.05, 3.63) is 0 Å². The molecule has 8 heteroatoms. The fourth-order valence-electron chi connectivity index (χ4n) is 2.40. The standard InChI is InChI=1S/C13H28N4O3S/c1-3-4-9-16(2)21(19,20)17-10-5-6-12(11-17)13(18)15-8-7-14/h12H,3-11,14H2,1-2H3,(H,15,18). The Labute approximate surface area is 128 Å². The lowest BCUT2D eigenvalue weighted by molar-refractivity contribution is -0.126. The molecule has 124 valence electrons. The van der Waals surface area contributed by atoms with Gasteiger partial charge in [-0.1, -0.05) is 13.3 Å². The number of hydrogen-bond donors (Lipinski definition) is 2. The third kappa shape index (κ3) is 5.21. The van der Waals surface area contributed by atoms with E-state index in [-0.39, 0.29) is 18.4 Å². The van der Waals surface area contributed by atoms with Crippen LogP contribution in [0.15, 0.2) is 0 Å². The number of nitrogens with two attached hydrogens (primary N) is 1. The highest BCUT2D eigenvalue weighted by Crippen LogP contribution is 2.21. The second-order valence-corrected chi connectivity index (χ2v) is 7.50.